The lowest BCUT2D eigenvalue weighted by Crippen LogP contribution is -2.34. The number of rotatable bonds is 7. The summed E-state index contributed by atoms with van der Waals surface area (Å²) in [6, 6.07) is 0.480. The van der Waals surface area contributed by atoms with E-state index in [1.165, 1.54) is 19.3 Å². The second kappa shape index (κ2) is 7.76. The van der Waals surface area contributed by atoms with Crippen molar-refractivity contribution >= 4 is 0 Å². The molecule has 66 valence electrons. The molecule has 0 aromatic carbocycles. The Balaban J connectivity index is 3.32. The molecule has 0 heterocycles. The smallest absolute Gasteiger partial charge is 0.0213 e. The van der Waals surface area contributed by atoms with E-state index in [9.17, 15) is 0 Å². The quantitative estimate of drug-likeness (QED) is 0.336. The van der Waals surface area contributed by atoms with Gasteiger partial charge in [0.15, 0.2) is 0 Å². The predicted octanol–water partition coefficient (Wildman–Crippen LogP) is 1.97. The average molecular weight is 156 g/mol. The van der Waals surface area contributed by atoms with Crippen molar-refractivity contribution in [2.24, 2.45) is 5.84 Å². The zero-order valence-electron chi connectivity index (χ0n) is 7.47. The van der Waals surface area contributed by atoms with Gasteiger partial charge >= 0.3 is 0 Å². The molecule has 0 aliphatic heterocycles. The molecule has 0 bridgehead atoms. The number of nitrogens with one attached hydrogen (secondary N) is 1. The van der Waals surface area contributed by atoms with Crippen molar-refractivity contribution in [3.63, 3.8) is 0 Å². The maximum atomic E-state index is 5.37. The van der Waals surface area contributed by atoms with E-state index in [1.807, 2.05) is 6.08 Å². The van der Waals surface area contributed by atoms with E-state index < -0.39 is 0 Å². The first-order valence-electron chi connectivity index (χ1n) is 4.42. The minimum absolute atomic E-state index is 0.480. The van der Waals surface area contributed by atoms with Gasteiger partial charge in [-0.1, -0.05) is 25.8 Å². The van der Waals surface area contributed by atoms with Gasteiger partial charge in [0.1, 0.15) is 0 Å². The highest BCUT2D eigenvalue weighted by atomic mass is 15.2. The zero-order chi connectivity index (χ0) is 8.53. The Morgan fingerprint density at radius 2 is 2.27 bits per heavy atom. The third-order valence-electron chi connectivity index (χ3n) is 1.86. The minimum Gasteiger partial charge on any atom is -0.271 e. The molecule has 0 amide bonds. The number of allylic oxidation sites excluding steroid dienone is 1. The van der Waals surface area contributed by atoms with Crippen LogP contribution in [0.4, 0.5) is 0 Å². The Hall–Kier alpha value is -0.340. The summed E-state index contributed by atoms with van der Waals surface area (Å²) in [5, 5.41) is 0. The van der Waals surface area contributed by atoms with Crippen LogP contribution in [0, 0.1) is 0 Å². The fourth-order valence-corrected chi connectivity index (χ4v) is 1.08. The molecule has 0 fully saturated rings. The first-order chi connectivity index (χ1) is 5.35. The van der Waals surface area contributed by atoms with Crippen LogP contribution in [0.15, 0.2) is 12.7 Å². The van der Waals surface area contributed by atoms with Gasteiger partial charge in [-0.2, -0.15) is 0 Å². The van der Waals surface area contributed by atoms with Crippen LogP contribution in [0.1, 0.15) is 39.0 Å². The SMILES string of the molecule is C=CCCC(CCCC)NN. The summed E-state index contributed by atoms with van der Waals surface area (Å²) >= 11 is 0. The monoisotopic (exact) mass is 156 g/mol. The Labute approximate surface area is 69.8 Å². The second-order valence-electron chi connectivity index (χ2n) is 2.87. The van der Waals surface area contributed by atoms with Crippen molar-refractivity contribution in [1.82, 2.24) is 5.43 Å². The molecule has 1 unspecified atom stereocenters. The molecule has 0 aliphatic rings. The van der Waals surface area contributed by atoms with Crippen LogP contribution in [-0.2, 0) is 0 Å². The Bertz CT molecular complexity index is 91.6. The fraction of sp³-hybridized carbons (Fsp3) is 0.778. The van der Waals surface area contributed by atoms with E-state index >= 15 is 0 Å². The van der Waals surface area contributed by atoms with Gasteiger partial charge in [-0.05, 0) is 19.3 Å². The normalized spacial score (nSPS) is 12.9. The van der Waals surface area contributed by atoms with Gasteiger partial charge in [-0.3, -0.25) is 11.3 Å². The Morgan fingerprint density at radius 1 is 1.55 bits per heavy atom. The standard InChI is InChI=1S/C9H20N2/c1-3-5-7-9(11-10)8-6-4-2/h3,9,11H,1,4-8,10H2,2H3. The third-order valence-corrected chi connectivity index (χ3v) is 1.86. The topological polar surface area (TPSA) is 38.0 Å². The van der Waals surface area contributed by atoms with Crippen LogP contribution in [0.25, 0.3) is 0 Å². The minimum atomic E-state index is 0.480. The molecule has 0 rings (SSSR count). The summed E-state index contributed by atoms with van der Waals surface area (Å²) in [6.45, 7) is 5.87. The molecule has 0 radical (unpaired) electrons. The maximum Gasteiger partial charge on any atom is 0.0213 e. The molecular formula is C9H20N2. The largest absolute Gasteiger partial charge is 0.271 e. The van der Waals surface area contributed by atoms with Crippen LogP contribution in [0.5, 0.6) is 0 Å². The average Bonchev–Trinajstić information content (AvgIpc) is 2.05. The first kappa shape index (κ1) is 10.7. The summed E-state index contributed by atoms with van der Waals surface area (Å²) in [5.41, 5.74) is 2.82. The fourth-order valence-electron chi connectivity index (χ4n) is 1.08. The maximum absolute atomic E-state index is 5.37. The molecule has 11 heavy (non-hydrogen) atoms. The highest BCUT2D eigenvalue weighted by Gasteiger charge is 2.02. The van der Waals surface area contributed by atoms with Crippen molar-refractivity contribution in [1.29, 1.82) is 0 Å². The van der Waals surface area contributed by atoms with Crippen LogP contribution in [-0.4, -0.2) is 6.04 Å². The summed E-state index contributed by atoms with van der Waals surface area (Å²) in [5.74, 6) is 5.37. The van der Waals surface area contributed by atoms with E-state index in [2.05, 4.69) is 18.9 Å². The third kappa shape index (κ3) is 6.07. The molecule has 0 aromatic heterocycles. The summed E-state index contributed by atoms with van der Waals surface area (Å²) in [7, 11) is 0. The number of nitrogens with two attached hydrogens (primary N) is 1. The number of hydrogen-bond acceptors (Lipinski definition) is 2. The molecular weight excluding hydrogens is 136 g/mol. The van der Waals surface area contributed by atoms with Gasteiger partial charge in [-0.25, -0.2) is 0 Å². The summed E-state index contributed by atoms with van der Waals surface area (Å²) in [6.07, 6.45) is 7.79. The van der Waals surface area contributed by atoms with Crippen molar-refractivity contribution in [2.75, 3.05) is 0 Å². The van der Waals surface area contributed by atoms with Gasteiger partial charge in [0.2, 0.25) is 0 Å². The molecule has 0 saturated carbocycles. The van der Waals surface area contributed by atoms with Gasteiger partial charge in [0.05, 0.1) is 0 Å². The van der Waals surface area contributed by atoms with Crippen molar-refractivity contribution < 1.29 is 0 Å². The number of hydrogen-bond donors (Lipinski definition) is 2. The summed E-state index contributed by atoms with van der Waals surface area (Å²) < 4.78 is 0. The molecule has 0 spiro atoms. The van der Waals surface area contributed by atoms with Crippen molar-refractivity contribution in [3.8, 4) is 0 Å². The van der Waals surface area contributed by atoms with Crippen molar-refractivity contribution in [3.05, 3.63) is 12.7 Å². The lowest BCUT2D eigenvalue weighted by molar-refractivity contribution is 0.452. The zero-order valence-corrected chi connectivity index (χ0v) is 7.47. The number of hydrazine groups is 1. The first-order valence-corrected chi connectivity index (χ1v) is 4.42. The Morgan fingerprint density at radius 3 is 2.73 bits per heavy atom. The van der Waals surface area contributed by atoms with Gasteiger partial charge in [-0.15, -0.1) is 6.58 Å². The van der Waals surface area contributed by atoms with Gasteiger partial charge in [0.25, 0.3) is 0 Å². The van der Waals surface area contributed by atoms with Crippen LogP contribution in [0.2, 0.25) is 0 Å². The van der Waals surface area contributed by atoms with Crippen LogP contribution in [0.3, 0.4) is 0 Å². The lowest BCUT2D eigenvalue weighted by Gasteiger charge is -2.13. The molecule has 2 heteroatoms. The van der Waals surface area contributed by atoms with Crippen molar-refractivity contribution in [2.45, 2.75) is 45.1 Å². The van der Waals surface area contributed by atoms with E-state index in [0.29, 0.717) is 6.04 Å². The molecule has 2 nitrogen and oxygen atoms in total. The molecule has 1 atom stereocenters. The molecule has 0 aliphatic carbocycles. The van der Waals surface area contributed by atoms with E-state index in [0.717, 1.165) is 12.8 Å². The van der Waals surface area contributed by atoms with Crippen LogP contribution >= 0.6 is 0 Å². The van der Waals surface area contributed by atoms with Gasteiger partial charge in [0, 0.05) is 6.04 Å². The van der Waals surface area contributed by atoms with E-state index in [1.54, 1.807) is 0 Å². The molecule has 3 N–H and O–H groups in total. The molecule has 0 aromatic rings. The highest BCUT2D eigenvalue weighted by molar-refractivity contribution is 4.72. The predicted molar refractivity (Wildman–Crippen MR) is 50.1 cm³/mol. The van der Waals surface area contributed by atoms with E-state index in [-0.39, 0.29) is 0 Å². The van der Waals surface area contributed by atoms with Crippen LogP contribution < -0.4 is 11.3 Å². The van der Waals surface area contributed by atoms with Gasteiger partial charge < -0.3 is 0 Å². The summed E-state index contributed by atoms with van der Waals surface area (Å²) in [4.78, 5) is 0. The molecule has 0 saturated heterocycles. The second-order valence-corrected chi connectivity index (χ2v) is 2.87. The van der Waals surface area contributed by atoms with E-state index in [4.69, 9.17) is 5.84 Å². The highest BCUT2D eigenvalue weighted by Crippen LogP contribution is 2.05. The number of unbranched alkanes of at least 4 members (excludes halogenated alkanes) is 1. The lowest BCUT2D eigenvalue weighted by atomic mass is 10.1. The Kier molecular flexibility index (Phi) is 7.52.